The number of nitrogens with zero attached hydrogens (tertiary/aromatic N) is 1. The topological polar surface area (TPSA) is 23.5 Å². The van der Waals surface area contributed by atoms with Gasteiger partial charge in [-0.3, -0.25) is 0 Å². The van der Waals surface area contributed by atoms with Crippen LogP contribution in [-0.4, -0.2) is 21.3 Å². The Kier molecular flexibility index (Phi) is 7.77. The van der Waals surface area contributed by atoms with Crippen LogP contribution in [-0.2, 0) is 0 Å². The molecule has 0 aromatic heterocycles. The molecule has 1 N–H and O–H groups in total. The minimum absolute atomic E-state index is 0. The molecule has 1 heterocycles. The van der Waals surface area contributed by atoms with Crippen LogP contribution < -0.4 is 0 Å². The fourth-order valence-electron chi connectivity index (χ4n) is 1.98. The van der Waals surface area contributed by atoms with Crippen molar-refractivity contribution in [3.8, 4) is 0 Å². The van der Waals surface area contributed by atoms with Gasteiger partial charge in [0.25, 0.3) is 0 Å². The molecule has 2 heteroatoms. The smallest absolute Gasteiger partial charge is 0.0410 e. The maximum absolute atomic E-state index is 9.80. The summed E-state index contributed by atoms with van der Waals surface area (Å²) in [7, 11) is 0. The summed E-state index contributed by atoms with van der Waals surface area (Å²) in [6, 6.07) is 0. The second-order valence-corrected chi connectivity index (χ2v) is 7.70. The average Bonchev–Trinajstić information content (AvgIpc) is 2.14. The molecule has 0 aromatic rings. The summed E-state index contributed by atoms with van der Waals surface area (Å²) in [6.07, 6.45) is 4.67. The summed E-state index contributed by atoms with van der Waals surface area (Å²) in [4.78, 5) is 0. The molecule has 0 aromatic carbocycles. The van der Waals surface area contributed by atoms with Gasteiger partial charge in [0, 0.05) is 11.1 Å². The fraction of sp³-hybridized carbons (Fsp3) is 1.00. The van der Waals surface area contributed by atoms with Crippen molar-refractivity contribution in [2.45, 2.75) is 99.6 Å². The van der Waals surface area contributed by atoms with E-state index in [1.54, 1.807) is 0 Å². The first-order valence-electron chi connectivity index (χ1n) is 6.91. The van der Waals surface area contributed by atoms with Crippen molar-refractivity contribution in [1.82, 2.24) is 5.06 Å². The molecule has 0 unspecified atom stereocenters. The molecule has 0 saturated carbocycles. The molecule has 0 spiro atoms. The molecule has 0 amide bonds. The van der Waals surface area contributed by atoms with Gasteiger partial charge in [-0.25, -0.2) is 0 Å². The number of hydroxylamine groups is 2. The lowest BCUT2D eigenvalue weighted by atomic mass is 9.82. The Morgan fingerprint density at radius 3 is 1.44 bits per heavy atom. The van der Waals surface area contributed by atoms with Crippen molar-refractivity contribution in [3.63, 3.8) is 0 Å². The third-order valence-electron chi connectivity index (χ3n) is 3.78. The molecular weight excluding hydrogens is 222 g/mol. The first-order valence-corrected chi connectivity index (χ1v) is 6.91. The lowest BCUT2D eigenvalue weighted by molar-refractivity contribution is -0.241. The zero-order valence-electron chi connectivity index (χ0n) is 13.2. The van der Waals surface area contributed by atoms with Crippen LogP contribution in [0.4, 0.5) is 0 Å². The van der Waals surface area contributed by atoms with Crippen LogP contribution in [0.3, 0.4) is 0 Å². The summed E-state index contributed by atoms with van der Waals surface area (Å²) in [5.41, 5.74) is 0.462. The molecule has 2 nitrogen and oxygen atoms in total. The van der Waals surface area contributed by atoms with Crippen LogP contribution in [0.15, 0.2) is 0 Å². The van der Waals surface area contributed by atoms with Gasteiger partial charge in [0.1, 0.15) is 0 Å². The highest BCUT2D eigenvalue weighted by Crippen LogP contribution is 2.35. The van der Waals surface area contributed by atoms with Crippen molar-refractivity contribution in [3.05, 3.63) is 0 Å². The molecule has 1 fully saturated rings. The average molecular weight is 259 g/mol. The maximum atomic E-state index is 9.80. The Hall–Kier alpha value is -0.0800. The predicted octanol–water partition coefficient (Wildman–Crippen LogP) is 5.50. The number of hydrogen-bond acceptors (Lipinski definition) is 2. The van der Waals surface area contributed by atoms with Crippen molar-refractivity contribution in [1.29, 1.82) is 0 Å². The summed E-state index contributed by atoms with van der Waals surface area (Å²) >= 11 is 0. The summed E-state index contributed by atoms with van der Waals surface area (Å²) in [5, 5.41) is 11.3. The lowest BCUT2D eigenvalue weighted by Gasteiger charge is -2.48. The molecule has 1 saturated heterocycles. The van der Waals surface area contributed by atoms with Crippen LogP contribution in [0.5, 0.6) is 0 Å². The van der Waals surface area contributed by atoms with Crippen molar-refractivity contribution in [2.24, 2.45) is 5.41 Å². The number of hydrogen-bond donors (Lipinski definition) is 1. The number of piperidine rings is 1. The highest BCUT2D eigenvalue weighted by Gasteiger charge is 2.40. The monoisotopic (exact) mass is 259 g/mol. The van der Waals surface area contributed by atoms with Gasteiger partial charge in [-0.2, -0.15) is 5.06 Å². The molecule has 0 atom stereocenters. The van der Waals surface area contributed by atoms with E-state index in [-0.39, 0.29) is 18.5 Å². The largest absolute Gasteiger partial charge is 0.313 e. The molecule has 112 valence electrons. The fourth-order valence-corrected chi connectivity index (χ4v) is 1.98. The minimum Gasteiger partial charge on any atom is -0.313 e. The third kappa shape index (κ3) is 6.75. The van der Waals surface area contributed by atoms with Gasteiger partial charge in [0.2, 0.25) is 0 Å². The van der Waals surface area contributed by atoms with E-state index in [2.05, 4.69) is 55.4 Å². The number of rotatable bonds is 0. The van der Waals surface area contributed by atoms with Crippen LogP contribution in [0.1, 0.15) is 88.5 Å². The Bertz CT molecular complexity index is 210. The summed E-state index contributed by atoms with van der Waals surface area (Å²) in [6.45, 7) is 17.3. The minimum atomic E-state index is -0.0399. The van der Waals surface area contributed by atoms with Gasteiger partial charge in [0.05, 0.1) is 0 Å². The van der Waals surface area contributed by atoms with Gasteiger partial charge in [-0.1, -0.05) is 41.5 Å². The molecular formula is C16H37NO. The van der Waals surface area contributed by atoms with E-state index in [4.69, 9.17) is 0 Å². The molecule has 0 bridgehead atoms. The quantitative estimate of drug-likeness (QED) is 0.621. The van der Waals surface area contributed by atoms with Gasteiger partial charge in [-0.15, -0.1) is 0 Å². The maximum Gasteiger partial charge on any atom is 0.0410 e. The third-order valence-corrected chi connectivity index (χ3v) is 3.78. The Balaban J connectivity index is 0. The molecule has 1 aliphatic heterocycles. The van der Waals surface area contributed by atoms with E-state index in [1.807, 2.05) is 0 Å². The van der Waals surface area contributed by atoms with Crippen LogP contribution in [0, 0.1) is 5.41 Å². The van der Waals surface area contributed by atoms with Crippen molar-refractivity contribution < 1.29 is 5.21 Å². The zero-order valence-corrected chi connectivity index (χ0v) is 13.2. The Morgan fingerprint density at radius 1 is 1.00 bits per heavy atom. The summed E-state index contributed by atoms with van der Waals surface area (Å²) in [5.74, 6) is 0. The molecule has 1 rings (SSSR count). The molecule has 0 radical (unpaired) electrons. The zero-order chi connectivity index (χ0) is 13.9. The van der Waals surface area contributed by atoms with Crippen LogP contribution in [0.2, 0.25) is 0 Å². The van der Waals surface area contributed by atoms with Gasteiger partial charge in [-0.05, 0) is 52.4 Å². The van der Waals surface area contributed by atoms with E-state index in [0.29, 0.717) is 5.41 Å². The SMILES string of the molecule is C.CC1(C)CCCC(C)(C)N1O.CCC(C)(C)C. The summed E-state index contributed by atoms with van der Waals surface area (Å²) < 4.78 is 0. The van der Waals surface area contributed by atoms with Crippen molar-refractivity contribution in [2.75, 3.05) is 0 Å². The predicted molar refractivity (Wildman–Crippen MR) is 82.1 cm³/mol. The molecule has 1 aliphatic rings. The van der Waals surface area contributed by atoms with Crippen molar-refractivity contribution >= 4 is 0 Å². The van der Waals surface area contributed by atoms with Crippen LogP contribution in [0.25, 0.3) is 0 Å². The Morgan fingerprint density at radius 2 is 1.28 bits per heavy atom. The van der Waals surface area contributed by atoms with E-state index >= 15 is 0 Å². The Labute approximate surface area is 116 Å². The van der Waals surface area contributed by atoms with Gasteiger partial charge < -0.3 is 5.21 Å². The normalized spacial score (nSPS) is 22.5. The standard InChI is InChI=1S/C9H19NO.C6H14.CH4/c1-8(2)6-5-7-9(3,4)10(8)11;1-5-6(2,3)4;/h11H,5-7H2,1-4H3;5H2,1-4H3;1H4. The van der Waals surface area contributed by atoms with E-state index in [9.17, 15) is 5.21 Å². The van der Waals surface area contributed by atoms with Gasteiger partial charge >= 0.3 is 0 Å². The van der Waals surface area contributed by atoms with E-state index in [0.717, 1.165) is 12.8 Å². The highest BCUT2D eigenvalue weighted by molar-refractivity contribution is 4.91. The lowest BCUT2D eigenvalue weighted by Crippen LogP contribution is -2.56. The van der Waals surface area contributed by atoms with E-state index < -0.39 is 0 Å². The van der Waals surface area contributed by atoms with Crippen LogP contribution >= 0.6 is 0 Å². The molecule has 18 heavy (non-hydrogen) atoms. The first kappa shape index (κ1) is 20.2. The molecule has 0 aliphatic carbocycles. The van der Waals surface area contributed by atoms with E-state index in [1.165, 1.54) is 17.9 Å². The first-order chi connectivity index (χ1) is 7.42. The second-order valence-electron chi connectivity index (χ2n) is 7.70. The van der Waals surface area contributed by atoms with Gasteiger partial charge in [0.15, 0.2) is 0 Å². The second kappa shape index (κ2) is 6.91. The highest BCUT2D eigenvalue weighted by atomic mass is 16.5.